The number of aromatic nitrogens is 1. The minimum absolute atomic E-state index is 0.0761. The number of pyridine rings is 1. The number of carbonyl (C=O) groups is 1. The first kappa shape index (κ1) is 22.5. The molecule has 7 nitrogen and oxygen atoms in total. The van der Waals surface area contributed by atoms with E-state index in [1.165, 1.54) is 12.1 Å². The van der Waals surface area contributed by atoms with Crippen molar-refractivity contribution in [2.75, 3.05) is 26.3 Å². The van der Waals surface area contributed by atoms with Gasteiger partial charge in [-0.1, -0.05) is 11.6 Å². The Kier molecular flexibility index (Phi) is 6.63. The van der Waals surface area contributed by atoms with Crippen LogP contribution in [0.15, 0.2) is 63.2 Å². The predicted molar refractivity (Wildman–Crippen MR) is 117 cm³/mol. The lowest BCUT2D eigenvalue weighted by Crippen LogP contribution is -2.59. The van der Waals surface area contributed by atoms with Gasteiger partial charge in [0.05, 0.1) is 30.5 Å². The summed E-state index contributed by atoms with van der Waals surface area (Å²) in [5, 5.41) is 0.424. The number of carbonyl (C=O) groups excluding carboxylic acids is 1. The number of nitrogens with two attached hydrogens (primary N) is 1. The molecule has 2 aliphatic rings. The first-order valence-electron chi connectivity index (χ1n) is 9.60. The van der Waals surface area contributed by atoms with Gasteiger partial charge in [0.25, 0.3) is 0 Å². The second-order valence-corrected chi connectivity index (χ2v) is 8.57. The summed E-state index contributed by atoms with van der Waals surface area (Å²) in [5.41, 5.74) is 7.02. The molecule has 32 heavy (non-hydrogen) atoms. The van der Waals surface area contributed by atoms with Crippen molar-refractivity contribution in [3.63, 3.8) is 0 Å². The molecular weight excluding hydrogens is 462 g/mol. The van der Waals surface area contributed by atoms with E-state index in [2.05, 4.69) is 14.1 Å². The Morgan fingerprint density at radius 3 is 2.69 bits per heavy atom. The smallest absolute Gasteiger partial charge is 0.387 e. The molecule has 0 atom stereocenters. The molecule has 1 amide bonds. The standard InChI is InChI=1S/C21H19ClF2N4O3S/c22-16-2-1-7-26-18(16)21(11-30-12-21)19(29)28-9-13(17(25)10-28)8-27-32-15-5-3-14(4-6-15)31-20(23)24/h1-8,20H,9-12,25H2/b27-8+. The van der Waals surface area contributed by atoms with Crippen molar-refractivity contribution in [3.05, 3.63) is 64.6 Å². The van der Waals surface area contributed by atoms with Gasteiger partial charge in [0.15, 0.2) is 0 Å². The van der Waals surface area contributed by atoms with Gasteiger partial charge in [-0.25, -0.2) is 4.40 Å². The van der Waals surface area contributed by atoms with Gasteiger partial charge in [-0.05, 0) is 36.4 Å². The normalized spacial score (nSPS) is 17.8. The maximum absolute atomic E-state index is 13.3. The van der Waals surface area contributed by atoms with Crippen LogP contribution < -0.4 is 10.5 Å². The number of halogens is 3. The second kappa shape index (κ2) is 9.43. The highest BCUT2D eigenvalue weighted by atomic mass is 35.5. The number of ether oxygens (including phenoxy) is 2. The third kappa shape index (κ3) is 4.57. The highest BCUT2D eigenvalue weighted by molar-refractivity contribution is 7.98. The summed E-state index contributed by atoms with van der Waals surface area (Å²) in [6.45, 7) is -1.86. The number of hydrogen-bond donors (Lipinski definition) is 1. The molecule has 1 aromatic heterocycles. The van der Waals surface area contributed by atoms with Crippen LogP contribution >= 0.6 is 23.5 Å². The highest BCUT2D eigenvalue weighted by Gasteiger charge is 2.52. The molecule has 2 aromatic rings. The van der Waals surface area contributed by atoms with Crippen molar-refractivity contribution in [2.24, 2.45) is 10.1 Å². The molecule has 0 saturated carbocycles. The maximum atomic E-state index is 13.3. The molecule has 11 heteroatoms. The number of nitrogens with zero attached hydrogens (tertiary/aromatic N) is 3. The molecule has 2 N–H and O–H groups in total. The molecule has 0 bridgehead atoms. The minimum Gasteiger partial charge on any atom is -0.435 e. The van der Waals surface area contributed by atoms with Crippen LogP contribution in [0.3, 0.4) is 0 Å². The zero-order valence-corrected chi connectivity index (χ0v) is 18.3. The fourth-order valence-electron chi connectivity index (χ4n) is 3.48. The summed E-state index contributed by atoms with van der Waals surface area (Å²) in [5.74, 6) is -0.0647. The van der Waals surface area contributed by atoms with Gasteiger partial charge < -0.3 is 20.1 Å². The number of amides is 1. The van der Waals surface area contributed by atoms with E-state index < -0.39 is 12.0 Å². The van der Waals surface area contributed by atoms with Crippen LogP contribution in [0.1, 0.15) is 5.69 Å². The van der Waals surface area contributed by atoms with Crippen molar-refractivity contribution in [1.82, 2.24) is 9.88 Å². The van der Waals surface area contributed by atoms with Crippen molar-refractivity contribution in [1.29, 1.82) is 0 Å². The third-order valence-corrected chi connectivity index (χ3v) is 6.15. The van der Waals surface area contributed by atoms with E-state index in [0.717, 1.165) is 22.4 Å². The van der Waals surface area contributed by atoms with Crippen molar-refractivity contribution in [2.45, 2.75) is 16.9 Å². The molecular formula is C21H19ClF2N4O3S. The van der Waals surface area contributed by atoms with E-state index in [0.29, 0.717) is 23.0 Å². The molecule has 1 fully saturated rings. The Balaban J connectivity index is 1.39. The summed E-state index contributed by atoms with van der Waals surface area (Å²) in [6, 6.07) is 9.55. The number of alkyl halides is 2. The average molecular weight is 481 g/mol. The maximum Gasteiger partial charge on any atom is 0.387 e. The van der Waals surface area contributed by atoms with Crippen LogP contribution in [0.2, 0.25) is 5.02 Å². The first-order valence-corrected chi connectivity index (χ1v) is 10.7. The van der Waals surface area contributed by atoms with Crippen LogP contribution in [-0.4, -0.2) is 54.9 Å². The number of hydrogen-bond acceptors (Lipinski definition) is 7. The van der Waals surface area contributed by atoms with Gasteiger partial charge in [0.2, 0.25) is 5.91 Å². The Morgan fingerprint density at radius 2 is 2.06 bits per heavy atom. The zero-order valence-electron chi connectivity index (χ0n) is 16.7. The second-order valence-electron chi connectivity index (χ2n) is 7.30. The Labute approximate surface area is 192 Å². The summed E-state index contributed by atoms with van der Waals surface area (Å²) in [7, 11) is 0. The topological polar surface area (TPSA) is 90.0 Å². The van der Waals surface area contributed by atoms with Crippen molar-refractivity contribution >= 4 is 35.7 Å². The van der Waals surface area contributed by atoms with Gasteiger partial charge in [-0.2, -0.15) is 8.78 Å². The van der Waals surface area contributed by atoms with E-state index in [4.69, 9.17) is 22.1 Å². The molecule has 168 valence electrons. The first-order chi connectivity index (χ1) is 15.4. The molecule has 1 saturated heterocycles. The molecule has 1 aromatic carbocycles. The third-order valence-electron chi connectivity index (χ3n) is 5.16. The fraction of sp³-hybridized carbons (Fsp3) is 0.286. The highest BCUT2D eigenvalue weighted by Crippen LogP contribution is 2.38. The van der Waals surface area contributed by atoms with E-state index in [-0.39, 0.29) is 31.4 Å². The lowest BCUT2D eigenvalue weighted by atomic mass is 9.80. The van der Waals surface area contributed by atoms with Gasteiger partial charge in [0, 0.05) is 47.1 Å². The Bertz CT molecular complexity index is 1060. The number of benzene rings is 1. The lowest BCUT2D eigenvalue weighted by molar-refractivity contribution is -0.155. The van der Waals surface area contributed by atoms with E-state index in [9.17, 15) is 13.6 Å². The van der Waals surface area contributed by atoms with Crippen LogP contribution in [0.25, 0.3) is 0 Å². The molecule has 0 aliphatic carbocycles. The summed E-state index contributed by atoms with van der Waals surface area (Å²) < 4.78 is 38.4. The Hall–Kier alpha value is -2.69. The van der Waals surface area contributed by atoms with Crippen molar-refractivity contribution in [3.8, 4) is 5.75 Å². The monoisotopic (exact) mass is 480 g/mol. The molecule has 0 spiro atoms. The number of rotatable bonds is 7. The Morgan fingerprint density at radius 1 is 1.31 bits per heavy atom. The molecule has 0 radical (unpaired) electrons. The summed E-state index contributed by atoms with van der Waals surface area (Å²) >= 11 is 7.45. The quantitative estimate of drug-likeness (QED) is 0.482. The van der Waals surface area contributed by atoms with Gasteiger partial charge in [0.1, 0.15) is 11.2 Å². The van der Waals surface area contributed by atoms with E-state index >= 15 is 0 Å². The molecule has 4 rings (SSSR count). The molecule has 0 unspecified atom stereocenters. The van der Waals surface area contributed by atoms with Gasteiger partial charge in [-0.3, -0.25) is 9.78 Å². The lowest BCUT2D eigenvalue weighted by Gasteiger charge is -2.42. The van der Waals surface area contributed by atoms with Crippen LogP contribution in [0, 0.1) is 0 Å². The van der Waals surface area contributed by atoms with Gasteiger partial charge in [-0.15, -0.1) is 0 Å². The molecule has 3 heterocycles. The van der Waals surface area contributed by atoms with Crippen LogP contribution in [-0.2, 0) is 14.9 Å². The zero-order chi connectivity index (χ0) is 22.7. The van der Waals surface area contributed by atoms with Gasteiger partial charge >= 0.3 is 6.61 Å². The predicted octanol–water partition coefficient (Wildman–Crippen LogP) is 3.44. The fourth-order valence-corrected chi connectivity index (χ4v) is 4.34. The van der Waals surface area contributed by atoms with E-state index in [1.54, 1.807) is 41.6 Å². The van der Waals surface area contributed by atoms with Crippen LogP contribution in [0.4, 0.5) is 8.78 Å². The largest absolute Gasteiger partial charge is 0.435 e. The molecule has 2 aliphatic heterocycles. The minimum atomic E-state index is -2.87. The van der Waals surface area contributed by atoms with Crippen molar-refractivity contribution < 1.29 is 23.0 Å². The SMILES string of the molecule is NC1=C(/C=N/Sc2ccc(OC(F)F)cc2)CN(C(=O)C2(c3ncccc3Cl)COC2)C1. The summed E-state index contributed by atoms with van der Waals surface area (Å²) in [6.07, 6.45) is 3.21. The summed E-state index contributed by atoms with van der Waals surface area (Å²) in [4.78, 5) is 20.1. The average Bonchev–Trinajstić information content (AvgIpc) is 3.10. The van der Waals surface area contributed by atoms with Crippen LogP contribution in [0.5, 0.6) is 5.75 Å². The van der Waals surface area contributed by atoms with E-state index in [1.807, 2.05) is 0 Å².